The number of nitrogens with one attached hydrogen (secondary N) is 3. The van der Waals surface area contributed by atoms with Gasteiger partial charge in [0.25, 0.3) is 11.8 Å². The highest BCUT2D eigenvalue weighted by atomic mass is 35.6. The third-order valence-electron chi connectivity index (χ3n) is 16.6. The number of esters is 3. The van der Waals surface area contributed by atoms with Crippen LogP contribution in [0.5, 0.6) is 0 Å². The number of carbonyl (C=O) groups is 8. The molecular formula is C72H99Cl3N8O13. The van der Waals surface area contributed by atoms with Gasteiger partial charge in [0.05, 0.1) is 53.3 Å². The Labute approximate surface area is 581 Å². The number of nitrogens with zero attached hydrogens (tertiary/aromatic N) is 4. The molecule has 2 saturated heterocycles. The van der Waals surface area contributed by atoms with Gasteiger partial charge in [-0.3, -0.25) is 48.3 Å². The second-order valence-corrected chi connectivity index (χ2v) is 27.5. The number of piperidine rings is 2. The molecular weight excluding hydrogens is 1290 g/mol. The molecule has 6 rings (SSSR count). The van der Waals surface area contributed by atoms with Crippen molar-refractivity contribution in [3.8, 4) is 0 Å². The highest BCUT2D eigenvalue weighted by Gasteiger charge is 2.38. The molecule has 0 spiro atoms. The lowest BCUT2D eigenvalue weighted by Crippen LogP contribution is -2.54. The van der Waals surface area contributed by atoms with Gasteiger partial charge < -0.3 is 55.2 Å². The number of hydrogen-bond donors (Lipinski definition) is 4. The van der Waals surface area contributed by atoms with Gasteiger partial charge in [-0.15, -0.1) is 0 Å². The van der Waals surface area contributed by atoms with E-state index in [4.69, 9.17) is 64.2 Å². The Morgan fingerprint density at radius 2 is 1.03 bits per heavy atom. The number of halogens is 3. The summed E-state index contributed by atoms with van der Waals surface area (Å²) in [7, 11) is 2.99. The van der Waals surface area contributed by atoms with Gasteiger partial charge in [-0.1, -0.05) is 124 Å². The number of hydrogen-bond acceptors (Lipinski definition) is 16. The number of nitrogens with two attached hydrogens (primary N) is 1. The fourth-order valence-corrected chi connectivity index (χ4v) is 11.0. The molecule has 0 bridgehead atoms. The van der Waals surface area contributed by atoms with Crippen LogP contribution in [0.2, 0.25) is 0 Å². The Bertz CT molecular complexity index is 3370. The zero-order valence-electron chi connectivity index (χ0n) is 57.9. The monoisotopic (exact) mass is 1390 g/mol. The van der Waals surface area contributed by atoms with E-state index in [1.807, 2.05) is 76.4 Å². The van der Waals surface area contributed by atoms with E-state index in [9.17, 15) is 38.4 Å². The summed E-state index contributed by atoms with van der Waals surface area (Å²) in [6, 6.07) is 14.2. The normalized spacial score (nSPS) is 18.2. The highest BCUT2D eigenvalue weighted by Crippen LogP contribution is 2.29. The molecule has 0 saturated carbocycles. The summed E-state index contributed by atoms with van der Waals surface area (Å²) in [6.45, 7) is 29.5. The number of methoxy groups -OCH3 is 2. The molecule has 2 aromatic carbocycles. The van der Waals surface area contributed by atoms with Crippen molar-refractivity contribution in [3.05, 3.63) is 121 Å². The maximum atomic E-state index is 13.4. The first-order valence-electron chi connectivity index (χ1n) is 32.6. The molecule has 2 aliphatic rings. The average Bonchev–Trinajstić information content (AvgIpc) is 0.909. The van der Waals surface area contributed by atoms with E-state index in [1.165, 1.54) is 19.1 Å². The van der Waals surface area contributed by atoms with Gasteiger partial charge in [0, 0.05) is 69.6 Å². The number of pyridine rings is 2. The van der Waals surface area contributed by atoms with Crippen LogP contribution in [0.3, 0.4) is 0 Å². The van der Waals surface area contributed by atoms with E-state index < -0.39 is 87.8 Å². The topological polar surface area (TPSA) is 277 Å². The van der Waals surface area contributed by atoms with Crippen molar-refractivity contribution >= 4 is 116 Å². The summed E-state index contributed by atoms with van der Waals surface area (Å²) in [6.07, 6.45) is 13.4. The Morgan fingerprint density at radius 3 is 1.43 bits per heavy atom. The molecule has 0 radical (unpaired) electrons. The lowest BCUT2D eigenvalue weighted by atomic mass is 9.95. The van der Waals surface area contributed by atoms with E-state index in [1.54, 1.807) is 103 Å². The van der Waals surface area contributed by atoms with E-state index in [2.05, 4.69) is 45.1 Å². The molecule has 526 valence electrons. The molecule has 4 aromatic rings. The summed E-state index contributed by atoms with van der Waals surface area (Å²) in [5.41, 5.74) is 9.62. The van der Waals surface area contributed by atoms with Crippen molar-refractivity contribution in [2.24, 2.45) is 41.2 Å². The molecule has 5 N–H and O–H groups in total. The highest BCUT2D eigenvalue weighted by molar-refractivity contribution is 6.67. The minimum absolute atomic E-state index is 0.0646. The first-order valence-corrected chi connectivity index (χ1v) is 33.7. The summed E-state index contributed by atoms with van der Waals surface area (Å²) in [5, 5.41) is 12.8. The number of benzene rings is 2. The molecule has 5 amide bonds. The van der Waals surface area contributed by atoms with E-state index >= 15 is 0 Å². The van der Waals surface area contributed by atoms with Crippen LogP contribution in [0.4, 0.5) is 0 Å². The van der Waals surface area contributed by atoms with Crippen molar-refractivity contribution in [1.29, 1.82) is 0 Å². The fraction of sp³-hybridized carbons (Fsp3) is 0.528. The number of rotatable bonds is 26. The SMILES string of the molecule is C/C=C/[C@@H](OC)[C@@H](C)C(=O)O[C@H](C(=O)N[C@@H](C)C(=O)N1CCC[C@@H](C(=O)OCC(Cl)(Cl)Cl)C1)C(C)C.C=Cc1cc2cc([C@@H](C)N)ccc2cn1.C=Cc1cc2cc([C@@H](C)NC(=O)[C@@H]3CCCN(C(=O)[C@H](C)NC(=O)[C@@H](OC(=O)[C@H](C)[C@@H](/C=C/C)OC)C(C)C)C3)ccc2cn1. The average molecular weight is 1390 g/mol. The Morgan fingerprint density at radius 1 is 0.615 bits per heavy atom. The smallest absolute Gasteiger partial charge is 0.312 e. The lowest BCUT2D eigenvalue weighted by Gasteiger charge is -2.34. The predicted molar refractivity (Wildman–Crippen MR) is 377 cm³/mol. The van der Waals surface area contributed by atoms with Gasteiger partial charge in [-0.05, 0) is 151 Å². The fourth-order valence-electron chi connectivity index (χ4n) is 10.8. The van der Waals surface area contributed by atoms with Crippen LogP contribution in [-0.2, 0) is 62.0 Å². The number of ether oxygens (including phenoxy) is 5. The van der Waals surface area contributed by atoms with E-state index in [0.717, 1.165) is 44.1 Å². The number of amides is 5. The summed E-state index contributed by atoms with van der Waals surface area (Å²) in [5.74, 6) is -6.44. The maximum Gasteiger partial charge on any atom is 0.312 e. The second kappa shape index (κ2) is 39.2. The number of carbonyl (C=O) groups excluding carboxylic acids is 8. The van der Waals surface area contributed by atoms with Crippen LogP contribution >= 0.6 is 34.8 Å². The molecule has 4 heterocycles. The molecule has 0 aliphatic carbocycles. The Balaban J connectivity index is 0.000000340. The minimum atomic E-state index is -1.72. The molecule has 12 atom stereocenters. The lowest BCUT2D eigenvalue weighted by molar-refractivity contribution is -0.165. The number of alkyl halides is 3. The van der Waals surface area contributed by atoms with Crippen molar-refractivity contribution in [2.75, 3.05) is 47.0 Å². The molecule has 96 heavy (non-hydrogen) atoms. The number of fused-ring (bicyclic) bond motifs is 2. The molecule has 2 fully saturated rings. The first kappa shape index (κ1) is 81.2. The molecule has 2 aliphatic heterocycles. The van der Waals surface area contributed by atoms with Crippen LogP contribution in [0.25, 0.3) is 33.7 Å². The maximum absolute atomic E-state index is 13.4. The van der Waals surface area contributed by atoms with Crippen LogP contribution in [0.1, 0.15) is 143 Å². The van der Waals surface area contributed by atoms with Crippen molar-refractivity contribution in [1.82, 2.24) is 35.7 Å². The summed E-state index contributed by atoms with van der Waals surface area (Å²) in [4.78, 5) is 115. The molecule has 24 heteroatoms. The zero-order valence-corrected chi connectivity index (χ0v) is 60.2. The zero-order chi connectivity index (χ0) is 71.7. The number of aromatic nitrogens is 2. The molecule has 21 nitrogen and oxygen atoms in total. The minimum Gasteiger partial charge on any atom is -0.461 e. The van der Waals surface area contributed by atoms with E-state index in [0.29, 0.717) is 38.8 Å². The van der Waals surface area contributed by atoms with Gasteiger partial charge in [0.1, 0.15) is 18.7 Å². The van der Waals surface area contributed by atoms with E-state index in [-0.39, 0.29) is 67.3 Å². The van der Waals surface area contributed by atoms with Crippen molar-refractivity contribution in [2.45, 2.75) is 161 Å². The Kier molecular flexibility index (Phi) is 33.1. The predicted octanol–water partition coefficient (Wildman–Crippen LogP) is 10.9. The summed E-state index contributed by atoms with van der Waals surface area (Å²) >= 11 is 16.9. The largest absolute Gasteiger partial charge is 0.461 e. The van der Waals surface area contributed by atoms with Gasteiger partial charge in [0.15, 0.2) is 12.2 Å². The third-order valence-corrected chi connectivity index (χ3v) is 16.9. The van der Waals surface area contributed by atoms with Gasteiger partial charge >= 0.3 is 17.9 Å². The van der Waals surface area contributed by atoms with Gasteiger partial charge in [0.2, 0.25) is 21.5 Å². The Hall–Kier alpha value is -7.27. The van der Waals surface area contributed by atoms with Gasteiger partial charge in [-0.25, -0.2) is 0 Å². The molecule has 2 aromatic heterocycles. The molecule has 0 unspecified atom stereocenters. The van der Waals surface area contributed by atoms with Crippen LogP contribution < -0.4 is 21.7 Å². The van der Waals surface area contributed by atoms with Gasteiger partial charge in [-0.2, -0.15) is 0 Å². The van der Waals surface area contributed by atoms with Crippen LogP contribution in [0, 0.1) is 35.5 Å². The quantitative estimate of drug-likeness (QED) is 0.0197. The second-order valence-electron chi connectivity index (χ2n) is 25.0. The number of likely N-dealkylation sites (tertiary alicyclic amines) is 2. The summed E-state index contributed by atoms with van der Waals surface area (Å²) < 4.78 is 25.1. The van der Waals surface area contributed by atoms with Crippen LogP contribution in [0.15, 0.2) is 98.4 Å². The van der Waals surface area contributed by atoms with Crippen molar-refractivity contribution < 1.29 is 62.0 Å². The third kappa shape index (κ3) is 24.7. The van der Waals surface area contributed by atoms with Crippen LogP contribution in [-0.4, -0.2) is 155 Å². The standard InChI is InChI=1S/C35H48N4O6.C24H37Cl3N2O7.C13H14N2/c1-9-12-30(44-8)22(5)35(43)45-31(21(3)4)33(41)38-24(7)34(42)39-16-11-13-27(20-39)32(40)37-23(6)25-14-15-26-19-36-29(10-2)18-28(26)17-25;1-7-9-18(34-6)15(4)22(32)36-19(14(2)3)20(30)28-16(5)21(31)29-11-8-10-17(12-29)23(33)35-13-24(25,26)27;1-3-13-7-12-6-10(9(2)14)4-5-11(12)8-15-13/h9-10,12,14-15,17-19,21-24,27,30-31H,2,11,13,16,20H2,1,3-8H3,(H,37,40)(H,38,41);7,9,14-19H,8,10-13H2,1-6H3,(H,28,30);3-9H,1,14H2,2H3/b12-9+;9-7+;/t22-,23-,24+,27-,30-,31+;15-,16+,17-,18-,19+;9-/m111/s1. The number of allylic oxidation sites excluding steroid dienone is 2. The first-order chi connectivity index (χ1) is 45.3. The van der Waals surface area contributed by atoms with Crippen molar-refractivity contribution in [3.63, 3.8) is 0 Å².